The number of pyridine rings is 1. The van der Waals surface area contributed by atoms with Gasteiger partial charge in [-0.05, 0) is 42.8 Å². The van der Waals surface area contributed by atoms with Crippen molar-refractivity contribution in [1.82, 2.24) is 4.98 Å². The number of benzene rings is 2. The van der Waals surface area contributed by atoms with Crippen LogP contribution in [0.25, 0.3) is 22.2 Å². The van der Waals surface area contributed by atoms with E-state index in [1.54, 1.807) is 12.1 Å². The van der Waals surface area contributed by atoms with Crippen LogP contribution in [0, 0.1) is 6.92 Å². The first-order valence-corrected chi connectivity index (χ1v) is 8.12. The number of esters is 1. The van der Waals surface area contributed by atoms with Crippen molar-refractivity contribution in [3.63, 3.8) is 0 Å². The van der Waals surface area contributed by atoms with Crippen molar-refractivity contribution >= 4 is 44.4 Å². The first kappa shape index (κ1) is 16.0. The maximum absolute atomic E-state index is 12.3. The molecule has 3 aromatic rings. The van der Waals surface area contributed by atoms with E-state index < -0.39 is 5.97 Å². The summed E-state index contributed by atoms with van der Waals surface area (Å²) in [6.45, 7) is 1.87. The Kier molecular flexibility index (Phi) is 4.37. The van der Waals surface area contributed by atoms with Crippen molar-refractivity contribution in [3.8, 4) is 11.3 Å². The summed E-state index contributed by atoms with van der Waals surface area (Å²) >= 11 is 9.50. The van der Waals surface area contributed by atoms with Gasteiger partial charge in [0.2, 0.25) is 0 Å². The summed E-state index contributed by atoms with van der Waals surface area (Å²) in [5.74, 6) is -0.393. The number of aromatic nitrogens is 1. The normalized spacial score (nSPS) is 10.8. The molecule has 0 aliphatic rings. The minimum atomic E-state index is -0.393. The first-order chi connectivity index (χ1) is 11.0. The summed E-state index contributed by atoms with van der Waals surface area (Å²) in [7, 11) is 1.37. The van der Waals surface area contributed by atoms with Gasteiger partial charge in [0.15, 0.2) is 0 Å². The summed E-state index contributed by atoms with van der Waals surface area (Å²) in [4.78, 5) is 17.0. The zero-order chi connectivity index (χ0) is 16.6. The number of nitrogens with zero attached hydrogens (tertiary/aromatic N) is 1. The van der Waals surface area contributed by atoms with Crippen LogP contribution in [0.15, 0.2) is 46.9 Å². The molecule has 0 bridgehead atoms. The number of methoxy groups -OCH3 is 1. The maximum Gasteiger partial charge on any atom is 0.338 e. The lowest BCUT2D eigenvalue weighted by atomic mass is 9.98. The van der Waals surface area contributed by atoms with Crippen molar-refractivity contribution in [3.05, 3.63) is 63.1 Å². The third kappa shape index (κ3) is 2.96. The van der Waals surface area contributed by atoms with E-state index in [0.29, 0.717) is 21.5 Å². The van der Waals surface area contributed by atoms with Crippen LogP contribution in [0.2, 0.25) is 5.02 Å². The zero-order valence-electron chi connectivity index (χ0n) is 12.6. The van der Waals surface area contributed by atoms with Gasteiger partial charge in [-0.1, -0.05) is 39.7 Å². The smallest absolute Gasteiger partial charge is 0.338 e. The molecule has 0 saturated carbocycles. The number of rotatable bonds is 2. The summed E-state index contributed by atoms with van der Waals surface area (Å²) in [6.07, 6.45) is 0. The molecule has 23 heavy (non-hydrogen) atoms. The number of carbonyl (C=O) groups excluding carboxylic acids is 1. The van der Waals surface area contributed by atoms with Crippen LogP contribution in [0.4, 0.5) is 0 Å². The molecule has 3 nitrogen and oxygen atoms in total. The molecule has 116 valence electrons. The Morgan fingerprint density at radius 1 is 1.17 bits per heavy atom. The fraction of sp³-hybridized carbons (Fsp3) is 0.111. The van der Waals surface area contributed by atoms with Crippen LogP contribution in [0.3, 0.4) is 0 Å². The van der Waals surface area contributed by atoms with Crippen LogP contribution in [0.1, 0.15) is 15.9 Å². The second-order valence-electron chi connectivity index (χ2n) is 5.12. The van der Waals surface area contributed by atoms with E-state index in [9.17, 15) is 4.79 Å². The second-order valence-corrected chi connectivity index (χ2v) is 6.47. The predicted molar refractivity (Wildman–Crippen MR) is 96.0 cm³/mol. The van der Waals surface area contributed by atoms with Crippen LogP contribution in [-0.4, -0.2) is 18.1 Å². The van der Waals surface area contributed by atoms with Crippen molar-refractivity contribution in [2.45, 2.75) is 6.92 Å². The fourth-order valence-electron chi connectivity index (χ4n) is 2.58. The lowest BCUT2D eigenvalue weighted by Crippen LogP contribution is -2.07. The number of ether oxygens (including phenoxy) is 1. The SMILES string of the molecule is COC(=O)c1c(C)c(-c2ccc(Br)cc2)nc2ccc(Cl)cc12. The molecule has 0 atom stereocenters. The minimum Gasteiger partial charge on any atom is -0.465 e. The maximum atomic E-state index is 12.3. The van der Waals surface area contributed by atoms with Crippen LogP contribution in [0.5, 0.6) is 0 Å². The molecule has 0 aliphatic heterocycles. The van der Waals surface area contributed by atoms with Crippen LogP contribution < -0.4 is 0 Å². The Morgan fingerprint density at radius 3 is 2.52 bits per heavy atom. The summed E-state index contributed by atoms with van der Waals surface area (Å²) in [5.41, 5.74) is 3.67. The highest BCUT2D eigenvalue weighted by molar-refractivity contribution is 9.10. The Labute approximate surface area is 147 Å². The van der Waals surface area contributed by atoms with Crippen LogP contribution in [-0.2, 0) is 4.74 Å². The molecule has 0 aliphatic carbocycles. The Hall–Kier alpha value is -1.91. The van der Waals surface area contributed by atoms with E-state index in [0.717, 1.165) is 21.3 Å². The van der Waals surface area contributed by atoms with E-state index in [1.165, 1.54) is 7.11 Å². The molecule has 0 unspecified atom stereocenters. The van der Waals surface area contributed by atoms with Crippen LogP contribution >= 0.6 is 27.5 Å². The number of halogens is 2. The van der Waals surface area contributed by atoms with Gasteiger partial charge in [0, 0.05) is 20.4 Å². The highest BCUT2D eigenvalue weighted by atomic mass is 79.9. The minimum absolute atomic E-state index is 0.393. The van der Waals surface area contributed by atoms with Gasteiger partial charge in [-0.3, -0.25) is 0 Å². The molecular weight excluding hydrogens is 378 g/mol. The molecule has 0 fully saturated rings. The van der Waals surface area contributed by atoms with Crippen molar-refractivity contribution in [1.29, 1.82) is 0 Å². The lowest BCUT2D eigenvalue weighted by Gasteiger charge is -2.13. The van der Waals surface area contributed by atoms with Gasteiger partial charge in [-0.15, -0.1) is 0 Å². The Bertz CT molecular complexity index is 907. The molecule has 0 radical (unpaired) electrons. The largest absolute Gasteiger partial charge is 0.465 e. The standard InChI is InChI=1S/C18H13BrClNO2/c1-10-16(18(22)23-2)14-9-13(20)7-8-15(14)21-17(10)11-3-5-12(19)6-4-11/h3-9H,1-2H3. The van der Waals surface area contributed by atoms with Crippen molar-refractivity contribution < 1.29 is 9.53 Å². The first-order valence-electron chi connectivity index (χ1n) is 6.95. The molecule has 1 aromatic heterocycles. The van der Waals surface area contributed by atoms with Gasteiger partial charge in [-0.25, -0.2) is 9.78 Å². The highest BCUT2D eigenvalue weighted by Crippen LogP contribution is 2.32. The molecule has 5 heteroatoms. The number of carbonyl (C=O) groups is 1. The van der Waals surface area contributed by atoms with Crippen molar-refractivity contribution in [2.24, 2.45) is 0 Å². The molecule has 1 heterocycles. The van der Waals surface area contributed by atoms with Gasteiger partial charge >= 0.3 is 5.97 Å². The predicted octanol–water partition coefficient (Wildman–Crippen LogP) is 5.41. The van der Waals surface area contributed by atoms with E-state index in [2.05, 4.69) is 15.9 Å². The van der Waals surface area contributed by atoms with Gasteiger partial charge < -0.3 is 4.74 Å². The molecule has 3 rings (SSSR count). The average Bonchev–Trinajstić information content (AvgIpc) is 2.55. The fourth-order valence-corrected chi connectivity index (χ4v) is 3.02. The molecular formula is C18H13BrClNO2. The lowest BCUT2D eigenvalue weighted by molar-refractivity contribution is 0.0602. The number of fused-ring (bicyclic) bond motifs is 1. The van der Waals surface area contributed by atoms with E-state index in [4.69, 9.17) is 21.3 Å². The number of hydrogen-bond donors (Lipinski definition) is 0. The van der Waals surface area contributed by atoms with Gasteiger partial charge in [0.1, 0.15) is 0 Å². The zero-order valence-corrected chi connectivity index (χ0v) is 14.9. The molecule has 0 N–H and O–H groups in total. The second kappa shape index (κ2) is 6.30. The highest BCUT2D eigenvalue weighted by Gasteiger charge is 2.19. The topological polar surface area (TPSA) is 39.2 Å². The quantitative estimate of drug-likeness (QED) is 0.549. The van der Waals surface area contributed by atoms with Gasteiger partial charge in [0.05, 0.1) is 23.9 Å². The van der Waals surface area contributed by atoms with E-state index in [-0.39, 0.29) is 0 Å². The molecule has 0 amide bonds. The summed E-state index contributed by atoms with van der Waals surface area (Å²) in [6, 6.07) is 13.1. The third-order valence-corrected chi connectivity index (χ3v) is 4.46. The molecule has 2 aromatic carbocycles. The summed E-state index contributed by atoms with van der Waals surface area (Å²) < 4.78 is 5.94. The average molecular weight is 391 g/mol. The molecule has 0 spiro atoms. The Morgan fingerprint density at radius 2 is 1.87 bits per heavy atom. The summed E-state index contributed by atoms with van der Waals surface area (Å²) in [5, 5.41) is 1.25. The van der Waals surface area contributed by atoms with E-state index in [1.807, 2.05) is 37.3 Å². The Balaban J connectivity index is 2.36. The molecule has 0 saturated heterocycles. The monoisotopic (exact) mass is 389 g/mol. The van der Waals surface area contributed by atoms with Gasteiger partial charge in [-0.2, -0.15) is 0 Å². The van der Waals surface area contributed by atoms with Crippen molar-refractivity contribution in [2.75, 3.05) is 7.11 Å². The van der Waals surface area contributed by atoms with E-state index >= 15 is 0 Å². The number of hydrogen-bond acceptors (Lipinski definition) is 3. The third-order valence-electron chi connectivity index (χ3n) is 3.70. The van der Waals surface area contributed by atoms with Gasteiger partial charge in [0.25, 0.3) is 0 Å².